The molecule has 2 unspecified atom stereocenters. The number of piperidine rings is 1. The fourth-order valence-electron chi connectivity index (χ4n) is 3.02. The largest absolute Gasteiger partial charge is 0.480 e. The highest BCUT2D eigenvalue weighted by Gasteiger charge is 2.43. The lowest BCUT2D eigenvalue weighted by Crippen LogP contribution is -2.44. The van der Waals surface area contributed by atoms with Gasteiger partial charge in [-0.2, -0.15) is 0 Å². The summed E-state index contributed by atoms with van der Waals surface area (Å²) in [5.74, 6) is 0.558. The molecule has 2 rings (SSSR count). The SMILES string of the molecule is CN1CCC(C2CNC(C)(C(=O)O)C2)CC1. The molecule has 0 saturated carbocycles. The van der Waals surface area contributed by atoms with Gasteiger partial charge in [-0.3, -0.25) is 4.79 Å². The summed E-state index contributed by atoms with van der Waals surface area (Å²) in [6.07, 6.45) is 3.23. The Hall–Kier alpha value is -0.610. The van der Waals surface area contributed by atoms with E-state index < -0.39 is 11.5 Å². The monoisotopic (exact) mass is 226 g/mol. The number of nitrogens with one attached hydrogen (secondary N) is 1. The maximum Gasteiger partial charge on any atom is 0.323 e. The Morgan fingerprint density at radius 1 is 1.38 bits per heavy atom. The third-order valence-corrected chi connectivity index (χ3v) is 4.33. The number of likely N-dealkylation sites (tertiary alicyclic amines) is 1. The lowest BCUT2D eigenvalue weighted by atomic mass is 9.81. The van der Waals surface area contributed by atoms with Crippen molar-refractivity contribution in [1.29, 1.82) is 0 Å². The number of aliphatic carboxylic acids is 1. The Labute approximate surface area is 97.0 Å². The number of carboxylic acid groups (broad SMARTS) is 1. The molecule has 0 aromatic carbocycles. The zero-order valence-electron chi connectivity index (χ0n) is 10.2. The number of carbonyl (C=O) groups is 1. The number of hydrogen-bond acceptors (Lipinski definition) is 3. The van der Waals surface area contributed by atoms with Crippen molar-refractivity contribution >= 4 is 5.97 Å². The standard InChI is InChI=1S/C12H22N2O2/c1-12(11(15)16)7-10(8-13-12)9-3-5-14(2)6-4-9/h9-10,13H,3-8H2,1-2H3,(H,15,16). The third-order valence-electron chi connectivity index (χ3n) is 4.33. The van der Waals surface area contributed by atoms with Crippen molar-refractivity contribution in [3.63, 3.8) is 0 Å². The van der Waals surface area contributed by atoms with Crippen LogP contribution < -0.4 is 5.32 Å². The molecule has 0 radical (unpaired) electrons. The number of hydrogen-bond donors (Lipinski definition) is 2. The first kappa shape index (κ1) is 11.9. The average Bonchev–Trinajstić information content (AvgIpc) is 2.63. The fraction of sp³-hybridized carbons (Fsp3) is 0.917. The minimum atomic E-state index is -0.706. The van der Waals surface area contributed by atoms with Gasteiger partial charge >= 0.3 is 5.97 Å². The third kappa shape index (κ3) is 2.23. The van der Waals surface area contributed by atoms with E-state index in [0.29, 0.717) is 11.8 Å². The van der Waals surface area contributed by atoms with Crippen molar-refractivity contribution in [2.24, 2.45) is 11.8 Å². The Morgan fingerprint density at radius 2 is 2.00 bits per heavy atom. The number of rotatable bonds is 2. The van der Waals surface area contributed by atoms with Gasteiger partial charge in [-0.05, 0) is 64.7 Å². The summed E-state index contributed by atoms with van der Waals surface area (Å²) in [5, 5.41) is 12.3. The molecule has 2 saturated heterocycles. The van der Waals surface area contributed by atoms with Gasteiger partial charge in [0.05, 0.1) is 0 Å². The molecular formula is C12H22N2O2. The molecule has 92 valence electrons. The molecule has 2 atom stereocenters. The van der Waals surface area contributed by atoms with Gasteiger partial charge in [0.25, 0.3) is 0 Å². The Kier molecular flexibility index (Phi) is 3.22. The van der Waals surface area contributed by atoms with Crippen LogP contribution in [-0.4, -0.2) is 48.2 Å². The van der Waals surface area contributed by atoms with E-state index in [1.807, 2.05) is 6.92 Å². The van der Waals surface area contributed by atoms with E-state index in [1.54, 1.807) is 0 Å². The quantitative estimate of drug-likeness (QED) is 0.730. The summed E-state index contributed by atoms with van der Waals surface area (Å²) in [4.78, 5) is 13.5. The van der Waals surface area contributed by atoms with Crippen molar-refractivity contribution in [2.45, 2.75) is 31.7 Å². The van der Waals surface area contributed by atoms with Gasteiger partial charge in [0.15, 0.2) is 0 Å². The molecule has 0 bridgehead atoms. The van der Waals surface area contributed by atoms with Gasteiger partial charge in [0.2, 0.25) is 0 Å². The zero-order valence-corrected chi connectivity index (χ0v) is 10.2. The van der Waals surface area contributed by atoms with Gasteiger partial charge < -0.3 is 15.3 Å². The molecule has 0 aromatic rings. The molecule has 2 fully saturated rings. The lowest BCUT2D eigenvalue weighted by molar-refractivity contribution is -0.143. The van der Waals surface area contributed by atoms with Crippen molar-refractivity contribution < 1.29 is 9.90 Å². The zero-order chi connectivity index (χ0) is 11.8. The summed E-state index contributed by atoms with van der Waals surface area (Å²) in [7, 11) is 2.16. The van der Waals surface area contributed by atoms with Crippen LogP contribution >= 0.6 is 0 Å². The van der Waals surface area contributed by atoms with Crippen LogP contribution in [0.5, 0.6) is 0 Å². The first-order valence-corrected chi connectivity index (χ1v) is 6.18. The Bertz CT molecular complexity index is 274. The van der Waals surface area contributed by atoms with Crippen LogP contribution in [0.25, 0.3) is 0 Å². The van der Waals surface area contributed by atoms with E-state index in [9.17, 15) is 4.79 Å². The number of nitrogens with zero attached hydrogens (tertiary/aromatic N) is 1. The normalized spacial score (nSPS) is 37.8. The molecule has 16 heavy (non-hydrogen) atoms. The highest BCUT2D eigenvalue weighted by Crippen LogP contribution is 2.34. The van der Waals surface area contributed by atoms with E-state index >= 15 is 0 Å². The minimum absolute atomic E-state index is 0.551. The van der Waals surface area contributed by atoms with E-state index in [0.717, 1.165) is 26.1 Å². The highest BCUT2D eigenvalue weighted by atomic mass is 16.4. The topological polar surface area (TPSA) is 52.6 Å². The molecule has 4 heteroatoms. The van der Waals surface area contributed by atoms with E-state index in [-0.39, 0.29) is 0 Å². The molecule has 0 aromatic heterocycles. The minimum Gasteiger partial charge on any atom is -0.480 e. The first-order chi connectivity index (χ1) is 7.51. The van der Waals surface area contributed by atoms with Crippen LogP contribution in [0.4, 0.5) is 0 Å². The highest BCUT2D eigenvalue weighted by molar-refractivity contribution is 5.78. The molecule has 0 spiro atoms. The molecule has 4 nitrogen and oxygen atoms in total. The van der Waals surface area contributed by atoms with Gasteiger partial charge in [-0.1, -0.05) is 0 Å². The second-order valence-corrected chi connectivity index (χ2v) is 5.62. The Morgan fingerprint density at radius 3 is 2.50 bits per heavy atom. The summed E-state index contributed by atoms with van der Waals surface area (Å²) >= 11 is 0. The van der Waals surface area contributed by atoms with Crippen LogP contribution in [-0.2, 0) is 4.79 Å². The van der Waals surface area contributed by atoms with E-state index in [1.165, 1.54) is 12.8 Å². The first-order valence-electron chi connectivity index (χ1n) is 6.18. The van der Waals surface area contributed by atoms with Gasteiger partial charge in [0, 0.05) is 0 Å². The molecular weight excluding hydrogens is 204 g/mol. The number of carboxylic acids is 1. The molecule has 2 aliphatic heterocycles. The van der Waals surface area contributed by atoms with Crippen molar-refractivity contribution in [3.8, 4) is 0 Å². The van der Waals surface area contributed by atoms with Crippen LogP contribution in [0.3, 0.4) is 0 Å². The summed E-state index contributed by atoms with van der Waals surface area (Å²) in [6, 6.07) is 0. The summed E-state index contributed by atoms with van der Waals surface area (Å²) in [6.45, 7) is 5.00. The van der Waals surface area contributed by atoms with E-state index in [2.05, 4.69) is 17.3 Å². The van der Waals surface area contributed by atoms with E-state index in [4.69, 9.17) is 5.11 Å². The van der Waals surface area contributed by atoms with Crippen molar-refractivity contribution in [3.05, 3.63) is 0 Å². The molecule has 0 aliphatic carbocycles. The van der Waals surface area contributed by atoms with Gasteiger partial charge in [0.1, 0.15) is 5.54 Å². The average molecular weight is 226 g/mol. The maximum atomic E-state index is 11.1. The second kappa shape index (κ2) is 4.34. The molecule has 2 heterocycles. The van der Waals surface area contributed by atoms with Crippen LogP contribution in [0.1, 0.15) is 26.2 Å². The van der Waals surface area contributed by atoms with Crippen molar-refractivity contribution in [2.75, 3.05) is 26.7 Å². The smallest absolute Gasteiger partial charge is 0.323 e. The molecule has 0 amide bonds. The van der Waals surface area contributed by atoms with Crippen LogP contribution in [0.15, 0.2) is 0 Å². The molecule has 2 N–H and O–H groups in total. The second-order valence-electron chi connectivity index (χ2n) is 5.62. The summed E-state index contributed by atoms with van der Waals surface area (Å²) < 4.78 is 0. The van der Waals surface area contributed by atoms with Crippen molar-refractivity contribution in [1.82, 2.24) is 10.2 Å². The van der Waals surface area contributed by atoms with Gasteiger partial charge in [-0.25, -0.2) is 0 Å². The fourth-order valence-corrected chi connectivity index (χ4v) is 3.02. The predicted molar refractivity (Wildman–Crippen MR) is 62.4 cm³/mol. The van der Waals surface area contributed by atoms with Gasteiger partial charge in [-0.15, -0.1) is 0 Å². The molecule has 2 aliphatic rings. The Balaban J connectivity index is 1.91. The predicted octanol–water partition coefficient (Wildman–Crippen LogP) is 0.781. The van der Waals surface area contributed by atoms with Crippen LogP contribution in [0.2, 0.25) is 0 Å². The lowest BCUT2D eigenvalue weighted by Gasteiger charge is -2.32. The maximum absolute atomic E-state index is 11.1. The summed E-state index contributed by atoms with van der Waals surface area (Å²) in [5.41, 5.74) is -0.686. The van der Waals surface area contributed by atoms with Crippen LogP contribution in [0, 0.1) is 11.8 Å².